The number of hydrogen-bond acceptors (Lipinski definition) is 6. The molecule has 2 aromatic carbocycles. The van der Waals surface area contributed by atoms with Gasteiger partial charge in [-0.3, -0.25) is 14.5 Å². The molecule has 0 spiro atoms. The third-order valence-corrected chi connectivity index (χ3v) is 7.65. The molecule has 2 atom stereocenters. The molecule has 0 aliphatic carbocycles. The minimum absolute atomic E-state index is 0.0186. The van der Waals surface area contributed by atoms with Crippen molar-refractivity contribution in [1.82, 2.24) is 9.80 Å². The summed E-state index contributed by atoms with van der Waals surface area (Å²) in [4.78, 5) is 58.6. The number of benzene rings is 2. The van der Waals surface area contributed by atoms with Crippen molar-refractivity contribution in [2.75, 3.05) is 11.5 Å². The maximum absolute atomic E-state index is 14.3. The minimum Gasteiger partial charge on any atom is -0.444 e. The molecule has 2 aromatic rings. The summed E-state index contributed by atoms with van der Waals surface area (Å²) in [5.74, 6) is -1.42. The van der Waals surface area contributed by atoms with Gasteiger partial charge < -0.3 is 9.47 Å². The number of rotatable bonds is 4. The Morgan fingerprint density at radius 3 is 2.17 bits per heavy atom. The van der Waals surface area contributed by atoms with E-state index < -0.39 is 46.8 Å². The molecular weight excluding hydrogens is 625 g/mol. The molecule has 4 rings (SSSR count). The van der Waals surface area contributed by atoms with Gasteiger partial charge in [0.05, 0.1) is 12.3 Å². The van der Waals surface area contributed by atoms with Crippen molar-refractivity contribution < 1.29 is 28.7 Å². The molecule has 12 heteroatoms. The Bertz CT molecular complexity index is 1360. The van der Waals surface area contributed by atoms with Gasteiger partial charge in [-0.05, 0) is 77.4 Å². The highest BCUT2D eigenvalue weighted by Crippen LogP contribution is 2.39. The lowest BCUT2D eigenvalue weighted by molar-refractivity contribution is -0.141. The highest BCUT2D eigenvalue weighted by atomic mass is 79.9. The van der Waals surface area contributed by atoms with Crippen molar-refractivity contribution in [3.63, 3.8) is 0 Å². The van der Waals surface area contributed by atoms with E-state index in [-0.39, 0.29) is 28.8 Å². The van der Waals surface area contributed by atoms with Gasteiger partial charge >= 0.3 is 12.1 Å². The fourth-order valence-corrected chi connectivity index (χ4v) is 5.69. The number of anilines is 1. The average molecular weight is 655 g/mol. The number of urea groups is 1. The van der Waals surface area contributed by atoms with Gasteiger partial charge in [0.25, 0.3) is 11.8 Å². The molecule has 0 aromatic heterocycles. The summed E-state index contributed by atoms with van der Waals surface area (Å²) in [6.45, 7) is 9.70. The van der Waals surface area contributed by atoms with E-state index in [0.29, 0.717) is 5.56 Å². The summed E-state index contributed by atoms with van der Waals surface area (Å²) in [5, 5.41) is 0.425. The van der Waals surface area contributed by atoms with Gasteiger partial charge in [-0.1, -0.05) is 51.3 Å². The van der Waals surface area contributed by atoms with Gasteiger partial charge in [0.2, 0.25) is 0 Å². The third kappa shape index (κ3) is 5.72. The van der Waals surface area contributed by atoms with Crippen molar-refractivity contribution in [1.29, 1.82) is 0 Å². The van der Waals surface area contributed by atoms with Crippen molar-refractivity contribution in [2.24, 2.45) is 0 Å². The van der Waals surface area contributed by atoms with E-state index in [4.69, 9.17) is 32.7 Å². The molecule has 2 fully saturated rings. The molecule has 2 heterocycles. The predicted octanol–water partition coefficient (Wildman–Crippen LogP) is 6.42. The van der Waals surface area contributed by atoms with Crippen LogP contribution in [0.2, 0.25) is 10.0 Å². The van der Waals surface area contributed by atoms with Crippen molar-refractivity contribution in [3.8, 4) is 0 Å². The Morgan fingerprint density at radius 1 is 1.05 bits per heavy atom. The molecule has 5 amide bonds. The zero-order valence-electron chi connectivity index (χ0n) is 23.0. The first kappa shape index (κ1) is 30.3. The lowest BCUT2D eigenvalue weighted by Crippen LogP contribution is -2.60. The second kappa shape index (κ2) is 10.6. The maximum Gasteiger partial charge on any atom is 0.413 e. The Hall–Kier alpha value is -2.66. The smallest absolute Gasteiger partial charge is 0.413 e. The van der Waals surface area contributed by atoms with Crippen LogP contribution in [0.1, 0.15) is 47.1 Å². The molecule has 214 valence electrons. The second-order valence-electron chi connectivity index (χ2n) is 11.4. The van der Waals surface area contributed by atoms with Crippen LogP contribution >= 0.6 is 39.1 Å². The zero-order valence-corrected chi connectivity index (χ0v) is 26.1. The fraction of sp³-hybridized carbons (Fsp3) is 0.429. The monoisotopic (exact) mass is 653 g/mol. The normalized spacial score (nSPS) is 22.7. The van der Waals surface area contributed by atoms with E-state index >= 15 is 0 Å². The van der Waals surface area contributed by atoms with Gasteiger partial charge in [0, 0.05) is 20.9 Å². The molecule has 2 saturated heterocycles. The molecule has 2 aliphatic rings. The topological polar surface area (TPSA) is 96.5 Å². The highest BCUT2D eigenvalue weighted by Gasteiger charge is 2.61. The largest absolute Gasteiger partial charge is 0.444 e. The number of imide groups is 2. The number of halogens is 3. The van der Waals surface area contributed by atoms with Crippen LogP contribution in [0.15, 0.2) is 46.9 Å². The molecule has 9 nitrogen and oxygen atoms in total. The van der Waals surface area contributed by atoms with Crippen LogP contribution in [0.25, 0.3) is 0 Å². The number of nitrogens with zero attached hydrogens (tertiary/aromatic N) is 3. The van der Waals surface area contributed by atoms with Crippen LogP contribution in [0.3, 0.4) is 0 Å². The molecule has 2 aliphatic heterocycles. The van der Waals surface area contributed by atoms with E-state index in [9.17, 15) is 19.2 Å². The van der Waals surface area contributed by atoms with Gasteiger partial charge in [-0.15, -0.1) is 0 Å². The summed E-state index contributed by atoms with van der Waals surface area (Å²) < 4.78 is 12.2. The molecule has 2 unspecified atom stereocenters. The summed E-state index contributed by atoms with van der Waals surface area (Å²) in [6.07, 6.45) is -0.760. The Labute approximate surface area is 251 Å². The quantitative estimate of drug-likeness (QED) is 0.353. The Kier molecular flexibility index (Phi) is 8.05. The summed E-state index contributed by atoms with van der Waals surface area (Å²) >= 11 is 15.8. The molecule has 0 bridgehead atoms. The van der Waals surface area contributed by atoms with E-state index in [1.54, 1.807) is 58.9 Å². The first-order valence-electron chi connectivity index (χ1n) is 12.5. The predicted molar refractivity (Wildman–Crippen MR) is 154 cm³/mol. The first-order chi connectivity index (χ1) is 18.4. The minimum atomic E-state index is -1.65. The number of hydrogen-bond donors (Lipinski definition) is 0. The molecular formula is C28H30BrCl2N3O6. The number of ether oxygens (including phenoxy) is 2. The van der Waals surface area contributed by atoms with E-state index in [1.165, 1.54) is 30.0 Å². The number of carbonyl (C=O) groups is 4. The fourth-order valence-electron chi connectivity index (χ4n) is 4.91. The average Bonchev–Trinajstić information content (AvgIpc) is 3.23. The standard InChI is InChI=1S/C28H30BrCl2N3O6/c1-26(2,3)40-25(38)33-21(15-39-27(33,4)5)22(35)34-24(37)32(20-12-18(30)11-19(31)13-20)23(36)28(34,6)14-16-7-9-17(29)10-8-16/h7-13,21H,14-15H2,1-6H3. The highest BCUT2D eigenvalue weighted by molar-refractivity contribution is 9.10. The first-order valence-corrected chi connectivity index (χ1v) is 14.1. The van der Waals surface area contributed by atoms with Crippen molar-refractivity contribution in [2.45, 2.75) is 70.9 Å². The van der Waals surface area contributed by atoms with E-state index in [1.807, 2.05) is 0 Å². The van der Waals surface area contributed by atoms with Crippen molar-refractivity contribution >= 4 is 68.8 Å². The Morgan fingerprint density at radius 2 is 1.62 bits per heavy atom. The maximum atomic E-state index is 14.3. The van der Waals surface area contributed by atoms with Gasteiger partial charge in [0.15, 0.2) is 0 Å². The van der Waals surface area contributed by atoms with Gasteiger partial charge in [0.1, 0.15) is 22.9 Å². The van der Waals surface area contributed by atoms with Crippen LogP contribution in [-0.2, 0) is 25.5 Å². The van der Waals surface area contributed by atoms with Crippen LogP contribution < -0.4 is 4.90 Å². The van der Waals surface area contributed by atoms with E-state index in [2.05, 4.69) is 15.9 Å². The number of amides is 5. The van der Waals surface area contributed by atoms with E-state index in [0.717, 1.165) is 14.3 Å². The molecule has 0 N–H and O–H groups in total. The summed E-state index contributed by atoms with van der Waals surface area (Å²) in [6, 6.07) is 9.40. The lowest BCUT2D eigenvalue weighted by Gasteiger charge is -2.37. The molecule has 0 radical (unpaired) electrons. The summed E-state index contributed by atoms with van der Waals surface area (Å²) in [7, 11) is 0. The SMILES string of the molecule is CC(C)(C)OC(=O)N1C(C(=O)N2C(=O)N(c3cc(Cl)cc(Cl)c3)C(=O)C2(C)Cc2ccc(Br)cc2)COC1(C)C. The van der Waals surface area contributed by atoms with Crippen LogP contribution in [-0.4, -0.2) is 63.3 Å². The van der Waals surface area contributed by atoms with Crippen LogP contribution in [0.5, 0.6) is 0 Å². The van der Waals surface area contributed by atoms with Crippen molar-refractivity contribution in [3.05, 3.63) is 62.5 Å². The van der Waals surface area contributed by atoms with Gasteiger partial charge in [-0.2, -0.15) is 0 Å². The molecule has 0 saturated carbocycles. The zero-order chi connectivity index (χ0) is 29.8. The lowest BCUT2D eigenvalue weighted by atomic mass is 9.90. The Balaban J connectivity index is 1.80. The van der Waals surface area contributed by atoms with Gasteiger partial charge in [-0.25, -0.2) is 19.4 Å². The second-order valence-corrected chi connectivity index (χ2v) is 13.2. The van der Waals surface area contributed by atoms with Crippen LogP contribution in [0.4, 0.5) is 15.3 Å². The number of carbonyl (C=O) groups excluding carboxylic acids is 4. The van der Waals surface area contributed by atoms with Crippen LogP contribution in [0, 0.1) is 0 Å². The molecule has 40 heavy (non-hydrogen) atoms. The summed E-state index contributed by atoms with van der Waals surface area (Å²) in [5.41, 5.74) is -2.87. The third-order valence-electron chi connectivity index (χ3n) is 6.69.